The third-order valence-corrected chi connectivity index (χ3v) is 7.17. The molecule has 0 aromatic heterocycles. The molecule has 6 rings (SSSR count). The fourth-order valence-electron chi connectivity index (χ4n) is 6.39. The summed E-state index contributed by atoms with van der Waals surface area (Å²) in [4.78, 5) is 17.1. The highest BCUT2D eigenvalue weighted by Gasteiger charge is 2.51. The topological polar surface area (TPSA) is 35.6 Å². The summed E-state index contributed by atoms with van der Waals surface area (Å²) < 4.78 is 13.1. The second-order valence-corrected chi connectivity index (χ2v) is 9.08. The molecule has 4 bridgehead atoms. The van der Waals surface area contributed by atoms with Crippen molar-refractivity contribution in [3.8, 4) is 0 Å². The van der Waals surface area contributed by atoms with E-state index < -0.39 is 0 Å². The van der Waals surface area contributed by atoms with E-state index in [0.29, 0.717) is 0 Å². The van der Waals surface area contributed by atoms with Crippen molar-refractivity contribution >= 4 is 11.7 Å². The highest BCUT2D eigenvalue weighted by atomic mass is 19.1. The van der Waals surface area contributed by atoms with Gasteiger partial charge in [0, 0.05) is 37.4 Å². The second kappa shape index (κ2) is 6.14. The van der Waals surface area contributed by atoms with E-state index in [1.165, 1.54) is 50.7 Å². The molecule has 4 nitrogen and oxygen atoms in total. The zero-order valence-corrected chi connectivity index (χ0v) is 15.3. The SMILES string of the molecule is O=C(NC12CC3CC(CC(C3)C1)C2)N1CCN(c2ccc(F)cc2)CC1. The number of nitrogens with one attached hydrogen (secondary N) is 1. The summed E-state index contributed by atoms with van der Waals surface area (Å²) in [6.07, 6.45) is 7.77. The molecule has 0 radical (unpaired) electrons. The molecule has 140 valence electrons. The number of hydrogen-bond donors (Lipinski definition) is 1. The maximum Gasteiger partial charge on any atom is 0.317 e. The van der Waals surface area contributed by atoms with Gasteiger partial charge in [-0.1, -0.05) is 0 Å². The Hall–Kier alpha value is -1.78. The van der Waals surface area contributed by atoms with Crippen LogP contribution in [0.2, 0.25) is 0 Å². The lowest BCUT2D eigenvalue weighted by Crippen LogP contribution is -2.63. The van der Waals surface area contributed by atoms with Gasteiger partial charge in [0.2, 0.25) is 0 Å². The molecule has 4 saturated carbocycles. The van der Waals surface area contributed by atoms with E-state index in [4.69, 9.17) is 0 Å². The number of carbonyl (C=O) groups is 1. The smallest absolute Gasteiger partial charge is 0.317 e. The van der Waals surface area contributed by atoms with Gasteiger partial charge in [-0.2, -0.15) is 0 Å². The first-order chi connectivity index (χ1) is 12.6. The Morgan fingerprint density at radius 2 is 1.46 bits per heavy atom. The molecule has 1 aromatic carbocycles. The van der Waals surface area contributed by atoms with Crippen molar-refractivity contribution in [1.82, 2.24) is 10.2 Å². The van der Waals surface area contributed by atoms with Crippen molar-refractivity contribution in [2.24, 2.45) is 17.8 Å². The third-order valence-electron chi connectivity index (χ3n) is 7.17. The molecule has 26 heavy (non-hydrogen) atoms. The molecule has 5 fully saturated rings. The Morgan fingerprint density at radius 3 is 2.00 bits per heavy atom. The van der Waals surface area contributed by atoms with E-state index in [9.17, 15) is 9.18 Å². The monoisotopic (exact) mass is 357 g/mol. The van der Waals surface area contributed by atoms with E-state index >= 15 is 0 Å². The van der Waals surface area contributed by atoms with Crippen LogP contribution in [-0.4, -0.2) is 42.6 Å². The first-order valence-corrected chi connectivity index (χ1v) is 10.2. The van der Waals surface area contributed by atoms with E-state index in [-0.39, 0.29) is 17.4 Å². The molecular formula is C21H28FN3O. The fraction of sp³-hybridized carbons (Fsp3) is 0.667. The Morgan fingerprint density at radius 1 is 0.923 bits per heavy atom. The standard InChI is InChI=1S/C21H28FN3O/c22-18-1-3-19(4-2-18)24-5-7-25(8-6-24)20(26)23-21-12-15-9-16(13-21)11-17(10-15)14-21/h1-4,15-17H,5-14H2,(H,23,26). The minimum Gasteiger partial charge on any atom is -0.368 e. The van der Waals surface area contributed by atoms with Crippen molar-refractivity contribution in [2.45, 2.75) is 44.1 Å². The number of urea groups is 1. The predicted molar refractivity (Wildman–Crippen MR) is 99.6 cm³/mol. The lowest BCUT2D eigenvalue weighted by atomic mass is 9.53. The predicted octanol–water partition coefficient (Wildman–Crippen LogP) is 3.63. The van der Waals surface area contributed by atoms with Crippen LogP contribution in [0.3, 0.4) is 0 Å². The summed E-state index contributed by atoms with van der Waals surface area (Å²) in [6, 6.07) is 6.77. The van der Waals surface area contributed by atoms with Gasteiger partial charge in [-0.05, 0) is 80.5 Å². The highest BCUT2D eigenvalue weighted by molar-refractivity contribution is 5.75. The van der Waals surface area contributed by atoms with Crippen molar-refractivity contribution < 1.29 is 9.18 Å². The molecule has 1 saturated heterocycles. The van der Waals surface area contributed by atoms with Gasteiger partial charge in [0.1, 0.15) is 5.82 Å². The van der Waals surface area contributed by atoms with E-state index in [1.54, 1.807) is 0 Å². The highest BCUT2D eigenvalue weighted by Crippen LogP contribution is 2.55. The molecule has 1 heterocycles. The molecule has 4 aliphatic carbocycles. The van der Waals surface area contributed by atoms with Crippen LogP contribution in [0.1, 0.15) is 38.5 Å². The molecule has 2 amide bonds. The zero-order valence-electron chi connectivity index (χ0n) is 15.3. The quantitative estimate of drug-likeness (QED) is 0.877. The van der Waals surface area contributed by atoms with Gasteiger partial charge < -0.3 is 15.1 Å². The maximum absolute atomic E-state index is 13.1. The Labute approximate surface area is 154 Å². The molecule has 1 aromatic rings. The summed E-state index contributed by atoms with van der Waals surface area (Å²) in [5.41, 5.74) is 1.12. The Balaban J connectivity index is 1.19. The van der Waals surface area contributed by atoms with Crippen LogP contribution < -0.4 is 10.2 Å². The van der Waals surface area contributed by atoms with E-state index in [0.717, 1.165) is 49.6 Å². The van der Waals surface area contributed by atoms with Crippen LogP contribution in [0, 0.1) is 23.6 Å². The first kappa shape index (κ1) is 16.4. The van der Waals surface area contributed by atoms with Crippen molar-refractivity contribution in [2.75, 3.05) is 31.1 Å². The number of piperazine rings is 1. The normalized spacial score (nSPS) is 35.7. The number of amides is 2. The number of hydrogen-bond acceptors (Lipinski definition) is 2. The van der Waals surface area contributed by atoms with Crippen LogP contribution in [0.15, 0.2) is 24.3 Å². The number of halogens is 1. The van der Waals surface area contributed by atoms with Crippen LogP contribution in [-0.2, 0) is 0 Å². The Kier molecular flexibility index (Phi) is 3.87. The molecule has 5 heteroatoms. The average molecular weight is 357 g/mol. The van der Waals surface area contributed by atoms with Crippen LogP contribution >= 0.6 is 0 Å². The second-order valence-electron chi connectivity index (χ2n) is 9.08. The number of carbonyl (C=O) groups excluding carboxylic acids is 1. The third kappa shape index (κ3) is 2.95. The lowest BCUT2D eigenvalue weighted by molar-refractivity contribution is -0.0157. The van der Waals surface area contributed by atoms with Gasteiger partial charge >= 0.3 is 6.03 Å². The lowest BCUT2D eigenvalue weighted by Gasteiger charge is -2.57. The van der Waals surface area contributed by atoms with Gasteiger partial charge in [-0.25, -0.2) is 9.18 Å². The molecule has 5 aliphatic rings. The molecule has 1 aliphatic heterocycles. The summed E-state index contributed by atoms with van der Waals surface area (Å²) >= 11 is 0. The van der Waals surface area contributed by atoms with Crippen LogP contribution in [0.4, 0.5) is 14.9 Å². The molecule has 1 N–H and O–H groups in total. The summed E-state index contributed by atoms with van der Waals surface area (Å²) in [6.45, 7) is 3.07. The van der Waals surface area contributed by atoms with E-state index in [2.05, 4.69) is 10.2 Å². The van der Waals surface area contributed by atoms with Crippen molar-refractivity contribution in [3.63, 3.8) is 0 Å². The summed E-state index contributed by atoms with van der Waals surface area (Å²) in [5, 5.41) is 3.48. The summed E-state index contributed by atoms with van der Waals surface area (Å²) in [7, 11) is 0. The fourth-order valence-corrected chi connectivity index (χ4v) is 6.39. The number of nitrogens with zero attached hydrogens (tertiary/aromatic N) is 2. The molecular weight excluding hydrogens is 329 g/mol. The van der Waals surface area contributed by atoms with Crippen molar-refractivity contribution in [3.05, 3.63) is 30.1 Å². The van der Waals surface area contributed by atoms with Crippen LogP contribution in [0.5, 0.6) is 0 Å². The Bertz CT molecular complexity index is 646. The molecule has 0 atom stereocenters. The van der Waals surface area contributed by atoms with E-state index in [1.807, 2.05) is 17.0 Å². The first-order valence-electron chi connectivity index (χ1n) is 10.2. The largest absolute Gasteiger partial charge is 0.368 e. The summed E-state index contributed by atoms with van der Waals surface area (Å²) in [5.74, 6) is 2.33. The molecule has 0 spiro atoms. The number of rotatable bonds is 2. The average Bonchev–Trinajstić information content (AvgIpc) is 2.61. The minimum absolute atomic E-state index is 0.0833. The number of benzene rings is 1. The molecule has 0 unspecified atom stereocenters. The number of anilines is 1. The van der Waals surface area contributed by atoms with Gasteiger partial charge in [0.25, 0.3) is 0 Å². The van der Waals surface area contributed by atoms with Gasteiger partial charge in [0.15, 0.2) is 0 Å². The zero-order chi connectivity index (χ0) is 17.7. The van der Waals surface area contributed by atoms with Crippen molar-refractivity contribution in [1.29, 1.82) is 0 Å². The maximum atomic E-state index is 13.1. The van der Waals surface area contributed by atoms with Gasteiger partial charge in [-0.3, -0.25) is 0 Å². The van der Waals surface area contributed by atoms with Crippen LogP contribution in [0.25, 0.3) is 0 Å². The van der Waals surface area contributed by atoms with Gasteiger partial charge in [0.05, 0.1) is 0 Å². The van der Waals surface area contributed by atoms with Gasteiger partial charge in [-0.15, -0.1) is 0 Å². The minimum atomic E-state index is -0.206.